The van der Waals surface area contributed by atoms with Crippen LogP contribution in [0.5, 0.6) is 0 Å². The number of benzene rings is 7. The van der Waals surface area contributed by atoms with Gasteiger partial charge in [-0.25, -0.2) is 15.0 Å². The zero-order valence-electron chi connectivity index (χ0n) is 26.7. The van der Waals surface area contributed by atoms with E-state index in [0.29, 0.717) is 17.5 Å². The normalized spacial score (nSPS) is 11.6. The highest BCUT2D eigenvalue weighted by Gasteiger charge is 2.18. The summed E-state index contributed by atoms with van der Waals surface area (Å²) in [5, 5.41) is 4.28. The first-order valence-corrected chi connectivity index (χ1v) is 16.6. The van der Waals surface area contributed by atoms with Crippen LogP contribution in [0.4, 0.5) is 0 Å². The van der Waals surface area contributed by atoms with Crippen LogP contribution in [0.2, 0.25) is 0 Å². The average molecular weight is 642 g/mol. The molecule has 0 amide bonds. The van der Waals surface area contributed by atoms with E-state index in [-0.39, 0.29) is 0 Å². The third kappa shape index (κ3) is 4.75. The van der Waals surface area contributed by atoms with Crippen LogP contribution in [-0.2, 0) is 0 Å². The Hall–Kier alpha value is -6.85. The van der Waals surface area contributed by atoms with Crippen molar-refractivity contribution in [2.45, 2.75) is 0 Å². The Morgan fingerprint density at radius 2 is 0.800 bits per heavy atom. The third-order valence-electron chi connectivity index (χ3n) is 9.36. The van der Waals surface area contributed by atoms with Crippen LogP contribution in [0.15, 0.2) is 173 Å². The highest BCUT2D eigenvalue weighted by atomic mass is 16.3. The van der Waals surface area contributed by atoms with Gasteiger partial charge in [0, 0.05) is 38.2 Å². The molecule has 0 fully saturated rings. The fraction of sp³-hybridized carbons (Fsp3) is 0. The molecule has 3 heterocycles. The zero-order valence-corrected chi connectivity index (χ0v) is 26.7. The van der Waals surface area contributed by atoms with E-state index in [1.807, 2.05) is 72.8 Å². The summed E-state index contributed by atoms with van der Waals surface area (Å²) in [6.07, 6.45) is 0. The number of fused-ring (bicyclic) bond motifs is 6. The molecule has 0 unspecified atom stereocenters. The monoisotopic (exact) mass is 641 g/mol. The number of rotatable bonds is 5. The van der Waals surface area contributed by atoms with E-state index < -0.39 is 0 Å². The Kier molecular flexibility index (Phi) is 6.42. The van der Waals surface area contributed by atoms with Crippen LogP contribution >= 0.6 is 0 Å². The summed E-state index contributed by atoms with van der Waals surface area (Å²) in [5.74, 6) is 1.83. The Balaban J connectivity index is 1.05. The van der Waals surface area contributed by atoms with Gasteiger partial charge in [0.2, 0.25) is 0 Å². The number of para-hydroxylation sites is 2. The first kappa shape index (κ1) is 28.2. The smallest absolute Gasteiger partial charge is 0.164 e. The number of nitrogens with zero attached hydrogens (tertiary/aromatic N) is 3. The van der Waals surface area contributed by atoms with E-state index in [9.17, 15) is 0 Å². The van der Waals surface area contributed by atoms with Gasteiger partial charge in [0.1, 0.15) is 22.3 Å². The summed E-state index contributed by atoms with van der Waals surface area (Å²) in [4.78, 5) is 15.0. The Morgan fingerprint density at radius 3 is 1.60 bits per heavy atom. The lowest BCUT2D eigenvalue weighted by atomic mass is 9.97. The van der Waals surface area contributed by atoms with Crippen molar-refractivity contribution in [2.24, 2.45) is 0 Å². The SMILES string of the molecule is c1ccc(-c2nc(-c3ccc(-c4cccc(-c5ccc6oc7ccccc7c6c5)c4)cc3)nc(-c3cccc4oc5ccccc5c34)n2)cc1. The molecule has 10 rings (SSSR count). The molecule has 5 heteroatoms. The van der Waals surface area contributed by atoms with Gasteiger partial charge in [-0.05, 0) is 58.7 Å². The fourth-order valence-electron chi connectivity index (χ4n) is 6.90. The molecule has 0 spiro atoms. The van der Waals surface area contributed by atoms with E-state index in [1.165, 1.54) is 0 Å². The van der Waals surface area contributed by atoms with Gasteiger partial charge in [0.05, 0.1) is 0 Å². The second-order valence-corrected chi connectivity index (χ2v) is 12.4. The van der Waals surface area contributed by atoms with Crippen molar-refractivity contribution in [3.63, 3.8) is 0 Å². The van der Waals surface area contributed by atoms with Crippen molar-refractivity contribution in [3.05, 3.63) is 164 Å². The summed E-state index contributed by atoms with van der Waals surface area (Å²) in [6, 6.07) is 55.9. The first-order chi connectivity index (χ1) is 24.7. The van der Waals surface area contributed by atoms with Crippen molar-refractivity contribution >= 4 is 43.9 Å². The molecular formula is C45H27N3O2. The molecule has 3 aromatic heterocycles. The van der Waals surface area contributed by atoms with Gasteiger partial charge in [-0.3, -0.25) is 0 Å². The predicted molar refractivity (Wildman–Crippen MR) is 202 cm³/mol. The van der Waals surface area contributed by atoms with Gasteiger partial charge in [-0.1, -0.05) is 127 Å². The molecule has 50 heavy (non-hydrogen) atoms. The van der Waals surface area contributed by atoms with Crippen molar-refractivity contribution in [3.8, 4) is 56.4 Å². The minimum absolute atomic E-state index is 0.602. The summed E-state index contributed by atoms with van der Waals surface area (Å²) in [5.41, 5.74) is 10.7. The molecular weight excluding hydrogens is 615 g/mol. The number of hydrogen-bond acceptors (Lipinski definition) is 5. The van der Waals surface area contributed by atoms with E-state index >= 15 is 0 Å². The zero-order chi connectivity index (χ0) is 33.0. The maximum absolute atomic E-state index is 6.19. The topological polar surface area (TPSA) is 65.0 Å². The molecule has 0 bridgehead atoms. The second-order valence-electron chi connectivity index (χ2n) is 12.4. The first-order valence-electron chi connectivity index (χ1n) is 16.6. The lowest BCUT2D eigenvalue weighted by molar-refractivity contribution is 0.668. The fourth-order valence-corrected chi connectivity index (χ4v) is 6.90. The molecule has 0 aliphatic rings. The standard InChI is InChI=1S/C45H27N3O2/c1-2-10-29(11-3-1)43-46-44(48-45(47-43)36-16-9-19-41-42(36)35-15-5-7-18-39(35)50-41)30-22-20-28(21-23-30)31-12-8-13-32(26-31)33-24-25-40-37(27-33)34-14-4-6-17-38(34)49-40/h1-27H. The average Bonchev–Trinajstić information content (AvgIpc) is 3.76. The van der Waals surface area contributed by atoms with E-state index in [1.54, 1.807) is 0 Å². The predicted octanol–water partition coefficient (Wildman–Crippen LogP) is 12.0. The van der Waals surface area contributed by atoms with Gasteiger partial charge in [0.25, 0.3) is 0 Å². The van der Waals surface area contributed by atoms with Crippen LogP contribution in [-0.4, -0.2) is 15.0 Å². The molecule has 0 N–H and O–H groups in total. The van der Waals surface area contributed by atoms with Gasteiger partial charge in [0.15, 0.2) is 17.5 Å². The van der Waals surface area contributed by atoms with Gasteiger partial charge < -0.3 is 8.83 Å². The Bertz CT molecular complexity index is 2870. The van der Waals surface area contributed by atoms with Crippen LogP contribution < -0.4 is 0 Å². The Morgan fingerprint density at radius 1 is 0.300 bits per heavy atom. The Labute approximate surface area is 287 Å². The molecule has 234 valence electrons. The maximum atomic E-state index is 6.19. The number of hydrogen-bond donors (Lipinski definition) is 0. The lowest BCUT2D eigenvalue weighted by Gasteiger charge is -2.10. The minimum Gasteiger partial charge on any atom is -0.456 e. The molecule has 0 aliphatic carbocycles. The van der Waals surface area contributed by atoms with Gasteiger partial charge in [-0.15, -0.1) is 0 Å². The molecule has 0 radical (unpaired) electrons. The molecule has 5 nitrogen and oxygen atoms in total. The molecule has 0 saturated carbocycles. The van der Waals surface area contributed by atoms with Crippen LogP contribution in [0.3, 0.4) is 0 Å². The third-order valence-corrected chi connectivity index (χ3v) is 9.36. The highest BCUT2D eigenvalue weighted by Crippen LogP contribution is 2.37. The van der Waals surface area contributed by atoms with Crippen LogP contribution in [0.25, 0.3) is 100 Å². The van der Waals surface area contributed by atoms with Crippen molar-refractivity contribution in [1.82, 2.24) is 15.0 Å². The van der Waals surface area contributed by atoms with Crippen molar-refractivity contribution in [1.29, 1.82) is 0 Å². The number of furan rings is 2. The van der Waals surface area contributed by atoms with Crippen molar-refractivity contribution < 1.29 is 8.83 Å². The summed E-state index contributed by atoms with van der Waals surface area (Å²) in [6.45, 7) is 0. The van der Waals surface area contributed by atoms with E-state index in [2.05, 4.69) is 91.0 Å². The van der Waals surface area contributed by atoms with Crippen LogP contribution in [0, 0.1) is 0 Å². The minimum atomic E-state index is 0.602. The quantitative estimate of drug-likeness (QED) is 0.187. The van der Waals surface area contributed by atoms with Crippen LogP contribution in [0.1, 0.15) is 0 Å². The second kappa shape index (κ2) is 11.4. The lowest BCUT2D eigenvalue weighted by Crippen LogP contribution is -2.00. The largest absolute Gasteiger partial charge is 0.456 e. The summed E-state index contributed by atoms with van der Waals surface area (Å²) in [7, 11) is 0. The molecule has 0 atom stereocenters. The molecule has 7 aromatic carbocycles. The van der Waals surface area contributed by atoms with E-state index in [0.717, 1.165) is 82.8 Å². The highest BCUT2D eigenvalue weighted by molar-refractivity contribution is 6.12. The molecule has 0 aliphatic heterocycles. The maximum Gasteiger partial charge on any atom is 0.164 e. The van der Waals surface area contributed by atoms with Crippen molar-refractivity contribution in [2.75, 3.05) is 0 Å². The van der Waals surface area contributed by atoms with Gasteiger partial charge >= 0.3 is 0 Å². The van der Waals surface area contributed by atoms with E-state index in [4.69, 9.17) is 23.8 Å². The van der Waals surface area contributed by atoms with Gasteiger partial charge in [-0.2, -0.15) is 0 Å². The number of aromatic nitrogens is 3. The summed E-state index contributed by atoms with van der Waals surface area (Å²) < 4.78 is 12.3. The molecule has 10 aromatic rings. The molecule has 0 saturated heterocycles. The summed E-state index contributed by atoms with van der Waals surface area (Å²) >= 11 is 0.